The van der Waals surface area contributed by atoms with Crippen molar-refractivity contribution in [2.24, 2.45) is 5.92 Å². The molecule has 0 aliphatic heterocycles. The number of carbonyl (C=O) groups is 1. The molecule has 3 heteroatoms. The molecule has 0 aromatic heterocycles. The summed E-state index contributed by atoms with van der Waals surface area (Å²) in [5.74, 6) is 0.974. The lowest BCUT2D eigenvalue weighted by atomic mass is 9.84. The Hall–Kier alpha value is -1.35. The van der Waals surface area contributed by atoms with Crippen LogP contribution in [-0.2, 0) is 4.79 Å². The van der Waals surface area contributed by atoms with Gasteiger partial charge in [-0.1, -0.05) is 36.8 Å². The first-order chi connectivity index (χ1) is 9.72. The first-order valence-electron chi connectivity index (χ1n) is 7.71. The SMILES string of the molecule is CNCCC(=O)N(CC1CCC1)C(C)c1ccccc1. The van der Waals surface area contributed by atoms with Gasteiger partial charge in [0, 0.05) is 19.5 Å². The van der Waals surface area contributed by atoms with Crippen LogP contribution in [0.25, 0.3) is 0 Å². The van der Waals surface area contributed by atoms with Crippen molar-refractivity contribution in [3.05, 3.63) is 35.9 Å². The minimum Gasteiger partial charge on any atom is -0.336 e. The highest BCUT2D eigenvalue weighted by Gasteiger charge is 2.27. The monoisotopic (exact) mass is 274 g/mol. The first kappa shape index (κ1) is 15.0. The zero-order valence-corrected chi connectivity index (χ0v) is 12.6. The summed E-state index contributed by atoms with van der Waals surface area (Å²) < 4.78 is 0. The van der Waals surface area contributed by atoms with E-state index in [2.05, 4.69) is 29.3 Å². The lowest BCUT2D eigenvalue weighted by molar-refractivity contribution is -0.134. The van der Waals surface area contributed by atoms with Crippen LogP contribution >= 0.6 is 0 Å². The highest BCUT2D eigenvalue weighted by atomic mass is 16.2. The van der Waals surface area contributed by atoms with Crippen molar-refractivity contribution in [1.82, 2.24) is 10.2 Å². The Balaban J connectivity index is 2.05. The van der Waals surface area contributed by atoms with Gasteiger partial charge < -0.3 is 10.2 Å². The summed E-state index contributed by atoms with van der Waals surface area (Å²) in [6.45, 7) is 3.81. The second kappa shape index (κ2) is 7.44. The second-order valence-electron chi connectivity index (χ2n) is 5.78. The fourth-order valence-corrected chi connectivity index (χ4v) is 2.72. The third kappa shape index (κ3) is 3.83. The molecule has 1 unspecified atom stereocenters. The van der Waals surface area contributed by atoms with Crippen LogP contribution < -0.4 is 5.32 Å². The summed E-state index contributed by atoms with van der Waals surface area (Å²) in [5, 5.41) is 3.07. The molecule has 110 valence electrons. The van der Waals surface area contributed by atoms with Gasteiger partial charge in [0.15, 0.2) is 0 Å². The quantitative estimate of drug-likeness (QED) is 0.829. The van der Waals surface area contributed by atoms with Crippen molar-refractivity contribution in [2.75, 3.05) is 20.1 Å². The molecule has 1 aliphatic carbocycles. The number of rotatable bonds is 7. The molecular weight excluding hydrogens is 248 g/mol. The van der Waals surface area contributed by atoms with Gasteiger partial charge in [-0.3, -0.25) is 4.79 Å². The van der Waals surface area contributed by atoms with Gasteiger partial charge in [-0.15, -0.1) is 0 Å². The molecule has 3 nitrogen and oxygen atoms in total. The van der Waals surface area contributed by atoms with Crippen LogP contribution in [0, 0.1) is 5.92 Å². The summed E-state index contributed by atoms with van der Waals surface area (Å²) >= 11 is 0. The Morgan fingerprint density at radius 1 is 1.35 bits per heavy atom. The molecule has 0 saturated heterocycles. The third-order valence-corrected chi connectivity index (χ3v) is 4.34. The lowest BCUT2D eigenvalue weighted by Crippen LogP contribution is -2.40. The molecular formula is C17H26N2O. The second-order valence-corrected chi connectivity index (χ2v) is 5.78. The molecule has 1 aliphatic rings. The van der Waals surface area contributed by atoms with E-state index >= 15 is 0 Å². The molecule has 0 radical (unpaired) electrons. The summed E-state index contributed by atoms with van der Waals surface area (Å²) in [6.07, 6.45) is 4.46. The average Bonchev–Trinajstić information content (AvgIpc) is 2.44. The molecule has 1 N–H and O–H groups in total. The van der Waals surface area contributed by atoms with Crippen LogP contribution in [0.3, 0.4) is 0 Å². The molecule has 1 saturated carbocycles. The fourth-order valence-electron chi connectivity index (χ4n) is 2.72. The highest BCUT2D eigenvalue weighted by Crippen LogP contribution is 2.30. The third-order valence-electron chi connectivity index (χ3n) is 4.34. The first-order valence-corrected chi connectivity index (χ1v) is 7.71. The molecule has 1 aromatic rings. The Morgan fingerprint density at radius 3 is 2.60 bits per heavy atom. The van der Waals surface area contributed by atoms with Crippen molar-refractivity contribution in [3.8, 4) is 0 Å². The number of benzene rings is 1. The van der Waals surface area contributed by atoms with Crippen LogP contribution in [0.5, 0.6) is 0 Å². The summed E-state index contributed by atoms with van der Waals surface area (Å²) in [5.41, 5.74) is 1.23. The maximum Gasteiger partial charge on any atom is 0.224 e. The fraction of sp³-hybridized carbons (Fsp3) is 0.588. The van der Waals surface area contributed by atoms with Crippen LogP contribution in [0.2, 0.25) is 0 Å². The van der Waals surface area contributed by atoms with Gasteiger partial charge in [-0.05, 0) is 38.3 Å². The van der Waals surface area contributed by atoms with Crippen molar-refractivity contribution >= 4 is 5.91 Å². The number of carbonyl (C=O) groups excluding carboxylic acids is 1. The molecule has 0 spiro atoms. The zero-order chi connectivity index (χ0) is 14.4. The van der Waals surface area contributed by atoms with Crippen LogP contribution in [0.15, 0.2) is 30.3 Å². The number of amides is 1. The van der Waals surface area contributed by atoms with Crippen LogP contribution in [0.1, 0.15) is 44.2 Å². The molecule has 1 fully saturated rings. The van der Waals surface area contributed by atoms with E-state index < -0.39 is 0 Å². The Bertz CT molecular complexity index is 414. The molecule has 1 atom stereocenters. The predicted molar refractivity (Wildman–Crippen MR) is 82.5 cm³/mol. The van der Waals surface area contributed by atoms with E-state index in [1.54, 1.807) is 0 Å². The van der Waals surface area contributed by atoms with Gasteiger partial charge in [0.1, 0.15) is 0 Å². The summed E-state index contributed by atoms with van der Waals surface area (Å²) in [7, 11) is 1.89. The normalized spacial score (nSPS) is 16.5. The van der Waals surface area contributed by atoms with E-state index in [-0.39, 0.29) is 11.9 Å². The minimum absolute atomic E-state index is 0.168. The van der Waals surface area contributed by atoms with Crippen LogP contribution in [-0.4, -0.2) is 30.9 Å². The van der Waals surface area contributed by atoms with Gasteiger partial charge in [0.25, 0.3) is 0 Å². The summed E-state index contributed by atoms with van der Waals surface area (Å²) in [6, 6.07) is 10.5. The van der Waals surface area contributed by atoms with Crippen LogP contribution in [0.4, 0.5) is 0 Å². The van der Waals surface area contributed by atoms with E-state index in [1.807, 2.05) is 25.2 Å². The standard InChI is InChI=1S/C17H26N2O/c1-14(16-9-4-3-5-10-16)19(13-15-7-6-8-15)17(20)11-12-18-2/h3-5,9-10,14-15,18H,6-8,11-13H2,1-2H3. The number of nitrogens with one attached hydrogen (secondary N) is 1. The van der Waals surface area contributed by atoms with E-state index in [0.29, 0.717) is 12.3 Å². The van der Waals surface area contributed by atoms with E-state index in [1.165, 1.54) is 24.8 Å². The molecule has 20 heavy (non-hydrogen) atoms. The molecule has 0 heterocycles. The number of hydrogen-bond acceptors (Lipinski definition) is 2. The number of nitrogens with zero attached hydrogens (tertiary/aromatic N) is 1. The summed E-state index contributed by atoms with van der Waals surface area (Å²) in [4.78, 5) is 14.6. The van der Waals surface area contributed by atoms with Gasteiger partial charge in [-0.2, -0.15) is 0 Å². The van der Waals surface area contributed by atoms with Gasteiger partial charge in [-0.25, -0.2) is 0 Å². The highest BCUT2D eigenvalue weighted by molar-refractivity contribution is 5.77. The molecule has 1 amide bonds. The van der Waals surface area contributed by atoms with E-state index in [9.17, 15) is 4.79 Å². The molecule has 0 bridgehead atoms. The van der Waals surface area contributed by atoms with Gasteiger partial charge in [0.05, 0.1) is 6.04 Å². The largest absolute Gasteiger partial charge is 0.336 e. The average molecular weight is 274 g/mol. The van der Waals surface area contributed by atoms with E-state index in [0.717, 1.165) is 13.1 Å². The Kier molecular flexibility index (Phi) is 5.60. The number of hydrogen-bond donors (Lipinski definition) is 1. The maximum absolute atomic E-state index is 12.5. The predicted octanol–water partition coefficient (Wildman–Crippen LogP) is 2.99. The smallest absolute Gasteiger partial charge is 0.224 e. The van der Waals surface area contributed by atoms with Crippen molar-refractivity contribution in [3.63, 3.8) is 0 Å². The van der Waals surface area contributed by atoms with Gasteiger partial charge in [0.2, 0.25) is 5.91 Å². The lowest BCUT2D eigenvalue weighted by Gasteiger charge is -2.36. The topological polar surface area (TPSA) is 32.3 Å². The Labute approximate surface area is 122 Å². The molecule has 1 aromatic carbocycles. The Morgan fingerprint density at radius 2 is 2.05 bits per heavy atom. The minimum atomic E-state index is 0.168. The molecule has 2 rings (SSSR count). The van der Waals surface area contributed by atoms with Crippen molar-refractivity contribution < 1.29 is 4.79 Å². The maximum atomic E-state index is 12.5. The zero-order valence-electron chi connectivity index (χ0n) is 12.6. The van der Waals surface area contributed by atoms with E-state index in [4.69, 9.17) is 0 Å². The van der Waals surface area contributed by atoms with Gasteiger partial charge >= 0.3 is 0 Å². The van der Waals surface area contributed by atoms with Crippen molar-refractivity contribution in [1.29, 1.82) is 0 Å². The van der Waals surface area contributed by atoms with Crippen molar-refractivity contribution in [2.45, 2.75) is 38.6 Å².